The Hall–Kier alpha value is -1.40. The summed E-state index contributed by atoms with van der Waals surface area (Å²) in [4.78, 5) is 5.93. The first kappa shape index (κ1) is 14.5. The Bertz CT molecular complexity index is 710. The maximum Gasteiger partial charge on any atom is 0.263 e. The lowest BCUT2D eigenvalue weighted by Gasteiger charge is -2.06. The van der Waals surface area contributed by atoms with Crippen molar-refractivity contribution in [2.24, 2.45) is 0 Å². The third kappa shape index (κ3) is 3.11. The van der Waals surface area contributed by atoms with Gasteiger partial charge in [0.1, 0.15) is 0 Å². The van der Waals surface area contributed by atoms with Gasteiger partial charge in [0.2, 0.25) is 0 Å². The highest BCUT2D eigenvalue weighted by Gasteiger charge is 2.20. The van der Waals surface area contributed by atoms with Gasteiger partial charge in [0.15, 0.2) is 5.13 Å². The second-order valence-corrected chi connectivity index (χ2v) is 7.97. The SMILES string of the molecule is CCc1ccc(S(=O)(=O)Nc2nc3c(s2)CCCC3)cc1. The molecule has 0 radical (unpaired) electrons. The summed E-state index contributed by atoms with van der Waals surface area (Å²) in [5.41, 5.74) is 2.18. The van der Waals surface area contributed by atoms with Gasteiger partial charge < -0.3 is 0 Å². The topological polar surface area (TPSA) is 59.1 Å². The van der Waals surface area contributed by atoms with Crippen LogP contribution in [-0.2, 0) is 29.3 Å². The minimum Gasteiger partial charge on any atom is -0.255 e. The number of anilines is 1. The Balaban J connectivity index is 1.83. The molecule has 0 unspecified atom stereocenters. The molecule has 1 N–H and O–H groups in total. The second-order valence-electron chi connectivity index (χ2n) is 5.20. The van der Waals surface area contributed by atoms with E-state index in [0.717, 1.165) is 36.9 Å². The van der Waals surface area contributed by atoms with E-state index in [1.54, 1.807) is 12.1 Å². The van der Waals surface area contributed by atoms with Gasteiger partial charge in [0.05, 0.1) is 10.6 Å². The molecule has 0 saturated heterocycles. The van der Waals surface area contributed by atoms with E-state index in [9.17, 15) is 8.42 Å². The van der Waals surface area contributed by atoms with Gasteiger partial charge in [-0.3, -0.25) is 4.72 Å². The number of sulfonamides is 1. The fourth-order valence-electron chi connectivity index (χ4n) is 2.47. The van der Waals surface area contributed by atoms with Gasteiger partial charge in [-0.05, 0) is 49.8 Å². The van der Waals surface area contributed by atoms with E-state index in [1.165, 1.54) is 22.6 Å². The summed E-state index contributed by atoms with van der Waals surface area (Å²) in [6.45, 7) is 2.04. The van der Waals surface area contributed by atoms with Gasteiger partial charge >= 0.3 is 0 Å². The number of benzene rings is 1. The molecule has 21 heavy (non-hydrogen) atoms. The van der Waals surface area contributed by atoms with Crippen molar-refractivity contribution in [3.8, 4) is 0 Å². The molecule has 112 valence electrons. The Labute approximate surface area is 129 Å². The molecule has 1 aromatic carbocycles. The van der Waals surface area contributed by atoms with Crippen molar-refractivity contribution in [3.05, 3.63) is 40.4 Å². The number of aryl methyl sites for hydroxylation is 3. The third-order valence-electron chi connectivity index (χ3n) is 3.71. The van der Waals surface area contributed by atoms with Crippen molar-refractivity contribution in [3.63, 3.8) is 0 Å². The van der Waals surface area contributed by atoms with Gasteiger partial charge in [-0.1, -0.05) is 19.1 Å². The van der Waals surface area contributed by atoms with E-state index in [-0.39, 0.29) is 4.90 Å². The molecule has 3 rings (SSSR count). The van der Waals surface area contributed by atoms with Crippen LogP contribution < -0.4 is 4.72 Å². The van der Waals surface area contributed by atoms with Crippen LogP contribution in [0.2, 0.25) is 0 Å². The maximum absolute atomic E-state index is 12.4. The molecule has 0 saturated carbocycles. The largest absolute Gasteiger partial charge is 0.263 e. The smallest absolute Gasteiger partial charge is 0.255 e. The number of nitrogens with zero attached hydrogens (tertiary/aromatic N) is 1. The van der Waals surface area contributed by atoms with Gasteiger partial charge in [-0.2, -0.15) is 0 Å². The second kappa shape index (κ2) is 5.77. The minimum atomic E-state index is -3.54. The van der Waals surface area contributed by atoms with Crippen LogP contribution in [0.1, 0.15) is 35.9 Å². The Morgan fingerprint density at radius 1 is 1.19 bits per heavy atom. The quantitative estimate of drug-likeness (QED) is 0.938. The molecule has 0 fully saturated rings. The van der Waals surface area contributed by atoms with E-state index in [4.69, 9.17) is 0 Å². The number of hydrogen-bond donors (Lipinski definition) is 1. The fourth-order valence-corrected chi connectivity index (χ4v) is 4.76. The maximum atomic E-state index is 12.4. The molecule has 1 aliphatic carbocycles. The summed E-state index contributed by atoms with van der Waals surface area (Å²) in [6.07, 6.45) is 5.17. The summed E-state index contributed by atoms with van der Waals surface area (Å²) in [5.74, 6) is 0. The van der Waals surface area contributed by atoms with Gasteiger partial charge in [0.25, 0.3) is 10.0 Å². The molecule has 0 aliphatic heterocycles. The highest BCUT2D eigenvalue weighted by atomic mass is 32.2. The fraction of sp³-hybridized carbons (Fsp3) is 0.400. The van der Waals surface area contributed by atoms with E-state index in [0.29, 0.717) is 5.13 Å². The van der Waals surface area contributed by atoms with Crippen LogP contribution in [0.4, 0.5) is 5.13 Å². The van der Waals surface area contributed by atoms with E-state index < -0.39 is 10.0 Å². The first-order valence-electron chi connectivity index (χ1n) is 7.19. The molecule has 1 heterocycles. The number of hydrogen-bond acceptors (Lipinski definition) is 4. The Morgan fingerprint density at radius 2 is 1.90 bits per heavy atom. The molecule has 2 aromatic rings. The van der Waals surface area contributed by atoms with Crippen LogP contribution in [0.3, 0.4) is 0 Å². The molecule has 0 amide bonds. The lowest BCUT2D eigenvalue weighted by atomic mass is 10.0. The van der Waals surface area contributed by atoms with Crippen molar-refractivity contribution >= 4 is 26.5 Å². The number of fused-ring (bicyclic) bond motifs is 1. The van der Waals surface area contributed by atoms with Crippen LogP contribution in [0.25, 0.3) is 0 Å². The monoisotopic (exact) mass is 322 g/mol. The first-order chi connectivity index (χ1) is 10.1. The number of thiazole rings is 1. The first-order valence-corrected chi connectivity index (χ1v) is 9.49. The van der Waals surface area contributed by atoms with Crippen molar-refractivity contribution in [2.45, 2.75) is 43.9 Å². The van der Waals surface area contributed by atoms with Crippen LogP contribution >= 0.6 is 11.3 Å². The molecule has 0 atom stereocenters. The zero-order valence-electron chi connectivity index (χ0n) is 11.9. The molecule has 1 aliphatic rings. The highest BCUT2D eigenvalue weighted by molar-refractivity contribution is 7.93. The van der Waals surface area contributed by atoms with Crippen molar-refractivity contribution in [1.29, 1.82) is 0 Å². The van der Waals surface area contributed by atoms with Crippen LogP contribution in [0.5, 0.6) is 0 Å². The normalized spacial score (nSPS) is 14.7. The summed E-state index contributed by atoms with van der Waals surface area (Å²) in [6, 6.07) is 6.99. The molecule has 6 heteroatoms. The summed E-state index contributed by atoms with van der Waals surface area (Å²) >= 11 is 1.46. The van der Waals surface area contributed by atoms with E-state index in [1.807, 2.05) is 19.1 Å². The Morgan fingerprint density at radius 3 is 2.57 bits per heavy atom. The van der Waals surface area contributed by atoms with Crippen LogP contribution in [0, 0.1) is 0 Å². The van der Waals surface area contributed by atoms with E-state index in [2.05, 4.69) is 9.71 Å². The summed E-state index contributed by atoms with van der Waals surface area (Å²) in [5, 5.41) is 0.487. The lowest BCUT2D eigenvalue weighted by Crippen LogP contribution is -2.12. The highest BCUT2D eigenvalue weighted by Crippen LogP contribution is 2.30. The van der Waals surface area contributed by atoms with Gasteiger partial charge in [0, 0.05) is 4.88 Å². The summed E-state index contributed by atoms with van der Waals surface area (Å²) in [7, 11) is -3.54. The molecule has 4 nitrogen and oxygen atoms in total. The van der Waals surface area contributed by atoms with Crippen LogP contribution in [0.15, 0.2) is 29.2 Å². The minimum absolute atomic E-state index is 0.285. The molecule has 1 aromatic heterocycles. The van der Waals surface area contributed by atoms with Crippen molar-refractivity contribution in [1.82, 2.24) is 4.98 Å². The molecule has 0 spiro atoms. The summed E-state index contributed by atoms with van der Waals surface area (Å²) < 4.78 is 27.3. The average molecular weight is 322 g/mol. The van der Waals surface area contributed by atoms with Crippen molar-refractivity contribution in [2.75, 3.05) is 4.72 Å². The molecule has 0 bridgehead atoms. The number of aromatic nitrogens is 1. The average Bonchev–Trinajstić information content (AvgIpc) is 2.88. The number of rotatable bonds is 4. The van der Waals surface area contributed by atoms with E-state index >= 15 is 0 Å². The zero-order chi connectivity index (χ0) is 14.9. The predicted molar refractivity (Wildman–Crippen MR) is 85.4 cm³/mol. The molecular weight excluding hydrogens is 304 g/mol. The third-order valence-corrected chi connectivity index (χ3v) is 6.27. The van der Waals surface area contributed by atoms with Crippen LogP contribution in [-0.4, -0.2) is 13.4 Å². The standard InChI is InChI=1S/C15H18N2O2S2/c1-2-11-7-9-12(10-8-11)21(18,19)17-15-16-13-5-3-4-6-14(13)20-15/h7-10H,2-6H2,1H3,(H,16,17). The number of nitrogens with one attached hydrogen (secondary N) is 1. The Kier molecular flexibility index (Phi) is 3.99. The lowest BCUT2D eigenvalue weighted by molar-refractivity contribution is 0.601. The zero-order valence-corrected chi connectivity index (χ0v) is 13.6. The predicted octanol–water partition coefficient (Wildman–Crippen LogP) is 3.39. The van der Waals surface area contributed by atoms with Gasteiger partial charge in [-0.15, -0.1) is 11.3 Å². The van der Waals surface area contributed by atoms with Gasteiger partial charge in [-0.25, -0.2) is 13.4 Å². The molecular formula is C15H18N2O2S2. The van der Waals surface area contributed by atoms with Crippen molar-refractivity contribution < 1.29 is 8.42 Å².